The maximum Gasteiger partial charge on any atom is 0.338 e. The molecule has 1 amide bonds. The van der Waals surface area contributed by atoms with Crippen molar-refractivity contribution in [3.05, 3.63) is 77.6 Å². The summed E-state index contributed by atoms with van der Waals surface area (Å²) in [4.78, 5) is 24.3. The van der Waals surface area contributed by atoms with Crippen molar-refractivity contribution in [2.45, 2.75) is 13.8 Å². The summed E-state index contributed by atoms with van der Waals surface area (Å²) in [7, 11) is 1.52. The van der Waals surface area contributed by atoms with Gasteiger partial charge in [-0.25, -0.2) is 4.79 Å². The van der Waals surface area contributed by atoms with Gasteiger partial charge in [0.05, 0.1) is 18.4 Å². The molecule has 0 saturated carbocycles. The van der Waals surface area contributed by atoms with Crippen LogP contribution in [0.2, 0.25) is 0 Å². The van der Waals surface area contributed by atoms with Crippen molar-refractivity contribution < 1.29 is 19.1 Å². The lowest BCUT2D eigenvalue weighted by atomic mass is 10.2. The van der Waals surface area contributed by atoms with E-state index in [9.17, 15) is 9.59 Å². The average molecular weight is 378 g/mol. The second kappa shape index (κ2) is 8.43. The summed E-state index contributed by atoms with van der Waals surface area (Å²) in [6.07, 6.45) is 0. The summed E-state index contributed by atoms with van der Waals surface area (Å²) in [6.45, 7) is 3.67. The lowest BCUT2D eigenvalue weighted by Gasteiger charge is -2.11. The monoisotopic (exact) mass is 378 g/mol. The van der Waals surface area contributed by atoms with Crippen LogP contribution in [-0.2, 0) is 9.53 Å². The maximum absolute atomic E-state index is 12.2. The van der Waals surface area contributed by atoms with Crippen molar-refractivity contribution in [1.29, 1.82) is 0 Å². The number of anilines is 1. The Kier molecular flexibility index (Phi) is 5.79. The minimum atomic E-state index is -0.553. The number of esters is 1. The van der Waals surface area contributed by atoms with Crippen LogP contribution < -0.4 is 10.1 Å². The van der Waals surface area contributed by atoms with Crippen molar-refractivity contribution in [2.24, 2.45) is 0 Å². The first-order chi connectivity index (χ1) is 13.5. The average Bonchev–Trinajstić information content (AvgIpc) is 3.05. The Balaban J connectivity index is 1.60. The molecule has 0 saturated heterocycles. The molecule has 0 aliphatic carbocycles. The zero-order valence-corrected chi connectivity index (χ0v) is 16.1. The number of methoxy groups -OCH3 is 1. The number of amides is 1. The third-order valence-electron chi connectivity index (χ3n) is 4.35. The number of hydrogen-bond acceptors (Lipinski definition) is 4. The Morgan fingerprint density at radius 3 is 2.21 bits per heavy atom. The molecule has 0 unspecified atom stereocenters. The molecule has 0 spiro atoms. The third-order valence-corrected chi connectivity index (χ3v) is 4.35. The van der Waals surface area contributed by atoms with Crippen LogP contribution in [0.3, 0.4) is 0 Å². The van der Waals surface area contributed by atoms with Crippen molar-refractivity contribution >= 4 is 17.6 Å². The fourth-order valence-corrected chi connectivity index (χ4v) is 2.97. The van der Waals surface area contributed by atoms with Gasteiger partial charge in [0.2, 0.25) is 0 Å². The summed E-state index contributed by atoms with van der Waals surface area (Å²) in [6, 6.07) is 18.2. The molecule has 0 aliphatic rings. The second-order valence-electron chi connectivity index (χ2n) is 6.32. The number of aryl methyl sites for hydroxylation is 2. The van der Waals surface area contributed by atoms with Gasteiger partial charge in [-0.2, -0.15) is 0 Å². The first-order valence-corrected chi connectivity index (χ1v) is 8.85. The fourth-order valence-electron chi connectivity index (χ4n) is 2.97. The molecule has 3 aromatic rings. The molecule has 6 heteroatoms. The van der Waals surface area contributed by atoms with Crippen molar-refractivity contribution in [3.63, 3.8) is 0 Å². The largest absolute Gasteiger partial charge is 0.495 e. The summed E-state index contributed by atoms with van der Waals surface area (Å²) in [5.74, 6) is -0.455. The van der Waals surface area contributed by atoms with Crippen LogP contribution in [0.25, 0.3) is 5.69 Å². The molecule has 1 heterocycles. The summed E-state index contributed by atoms with van der Waals surface area (Å²) >= 11 is 0. The van der Waals surface area contributed by atoms with Gasteiger partial charge in [-0.05, 0) is 62.4 Å². The molecule has 0 radical (unpaired) electrons. The van der Waals surface area contributed by atoms with Gasteiger partial charge in [-0.1, -0.05) is 12.1 Å². The van der Waals surface area contributed by atoms with Crippen LogP contribution in [0.5, 0.6) is 5.75 Å². The molecule has 6 nitrogen and oxygen atoms in total. The van der Waals surface area contributed by atoms with Crippen molar-refractivity contribution in [2.75, 3.05) is 19.0 Å². The van der Waals surface area contributed by atoms with Crippen LogP contribution in [0.4, 0.5) is 5.69 Å². The van der Waals surface area contributed by atoms with E-state index in [4.69, 9.17) is 9.47 Å². The van der Waals surface area contributed by atoms with E-state index in [2.05, 4.69) is 9.88 Å². The normalized spacial score (nSPS) is 10.4. The number of benzene rings is 2. The smallest absolute Gasteiger partial charge is 0.338 e. The van der Waals surface area contributed by atoms with E-state index in [-0.39, 0.29) is 6.61 Å². The van der Waals surface area contributed by atoms with E-state index in [1.165, 1.54) is 7.11 Å². The summed E-state index contributed by atoms with van der Waals surface area (Å²) < 4.78 is 12.4. The summed E-state index contributed by atoms with van der Waals surface area (Å²) in [5, 5.41) is 2.66. The lowest BCUT2D eigenvalue weighted by Crippen LogP contribution is -2.21. The molecule has 28 heavy (non-hydrogen) atoms. The van der Waals surface area contributed by atoms with Crippen molar-refractivity contribution in [1.82, 2.24) is 4.57 Å². The number of para-hydroxylation sites is 2. The molecule has 1 aromatic heterocycles. The zero-order valence-electron chi connectivity index (χ0n) is 16.1. The van der Waals surface area contributed by atoms with Gasteiger partial charge in [0, 0.05) is 17.1 Å². The highest BCUT2D eigenvalue weighted by molar-refractivity contribution is 5.96. The SMILES string of the molecule is COc1ccccc1NC(=O)COC(=O)c1ccc(-n2c(C)ccc2C)cc1. The molecular formula is C22H22N2O4. The van der Waals surface area contributed by atoms with E-state index in [0.717, 1.165) is 17.1 Å². The number of nitrogens with zero attached hydrogens (tertiary/aromatic N) is 1. The van der Waals surface area contributed by atoms with Gasteiger partial charge in [-0.15, -0.1) is 0 Å². The molecule has 0 atom stereocenters. The lowest BCUT2D eigenvalue weighted by molar-refractivity contribution is -0.119. The van der Waals surface area contributed by atoms with Gasteiger partial charge >= 0.3 is 5.97 Å². The number of hydrogen-bond donors (Lipinski definition) is 1. The Morgan fingerprint density at radius 1 is 0.929 bits per heavy atom. The molecule has 0 bridgehead atoms. The molecular weight excluding hydrogens is 356 g/mol. The van der Waals surface area contributed by atoms with Gasteiger partial charge in [0.15, 0.2) is 6.61 Å². The quantitative estimate of drug-likeness (QED) is 0.661. The molecule has 3 rings (SSSR count). The predicted octanol–water partition coefficient (Wildman–Crippen LogP) is 3.90. The van der Waals surface area contributed by atoms with Crippen molar-refractivity contribution in [3.8, 4) is 11.4 Å². The Bertz CT molecular complexity index is 971. The molecule has 0 aliphatic heterocycles. The van der Waals surface area contributed by atoms with E-state index in [1.54, 1.807) is 36.4 Å². The van der Waals surface area contributed by atoms with Crippen LogP contribution in [-0.4, -0.2) is 30.2 Å². The first-order valence-electron chi connectivity index (χ1n) is 8.85. The van der Waals surface area contributed by atoms with Crippen LogP contribution >= 0.6 is 0 Å². The molecule has 0 fully saturated rings. The number of carbonyl (C=O) groups excluding carboxylic acids is 2. The third kappa shape index (κ3) is 4.23. The molecule has 1 N–H and O–H groups in total. The molecule has 144 valence electrons. The Labute approximate surface area is 163 Å². The van der Waals surface area contributed by atoms with Gasteiger partial charge < -0.3 is 19.4 Å². The summed E-state index contributed by atoms with van der Waals surface area (Å²) in [5.41, 5.74) is 4.09. The topological polar surface area (TPSA) is 69.6 Å². The zero-order chi connectivity index (χ0) is 20.1. The number of nitrogens with one attached hydrogen (secondary N) is 1. The van der Waals surface area contributed by atoms with E-state index in [1.807, 2.05) is 38.1 Å². The number of aromatic nitrogens is 1. The van der Waals surface area contributed by atoms with E-state index in [0.29, 0.717) is 17.0 Å². The highest BCUT2D eigenvalue weighted by atomic mass is 16.5. The van der Waals surface area contributed by atoms with Gasteiger partial charge in [0.1, 0.15) is 5.75 Å². The minimum absolute atomic E-state index is 0.381. The molecule has 2 aromatic carbocycles. The number of carbonyl (C=O) groups is 2. The Morgan fingerprint density at radius 2 is 1.57 bits per heavy atom. The highest BCUT2D eigenvalue weighted by Crippen LogP contribution is 2.23. The standard InChI is InChI=1S/C22H22N2O4/c1-15-8-9-16(2)24(15)18-12-10-17(11-13-18)22(26)28-14-21(25)23-19-6-4-5-7-20(19)27-3/h4-13H,14H2,1-3H3,(H,23,25). The van der Waals surface area contributed by atoms with Crippen LogP contribution in [0.15, 0.2) is 60.7 Å². The number of rotatable bonds is 6. The van der Waals surface area contributed by atoms with Gasteiger partial charge in [-0.3, -0.25) is 4.79 Å². The van der Waals surface area contributed by atoms with E-state index >= 15 is 0 Å². The predicted molar refractivity (Wildman–Crippen MR) is 107 cm³/mol. The van der Waals surface area contributed by atoms with Crippen LogP contribution in [0, 0.1) is 13.8 Å². The van der Waals surface area contributed by atoms with Gasteiger partial charge in [0.25, 0.3) is 5.91 Å². The second-order valence-corrected chi connectivity index (χ2v) is 6.32. The highest BCUT2D eigenvalue weighted by Gasteiger charge is 2.12. The number of ether oxygens (including phenoxy) is 2. The maximum atomic E-state index is 12.2. The fraction of sp³-hybridized carbons (Fsp3) is 0.182. The van der Waals surface area contributed by atoms with E-state index < -0.39 is 11.9 Å². The van der Waals surface area contributed by atoms with Crippen LogP contribution in [0.1, 0.15) is 21.7 Å². The first kappa shape index (κ1) is 19.2. The minimum Gasteiger partial charge on any atom is -0.495 e. The Hall–Kier alpha value is -3.54.